The van der Waals surface area contributed by atoms with Gasteiger partial charge in [-0.15, -0.1) is 0 Å². The predicted octanol–water partition coefficient (Wildman–Crippen LogP) is 1.76. The van der Waals surface area contributed by atoms with Crippen molar-refractivity contribution in [1.29, 1.82) is 0 Å². The van der Waals surface area contributed by atoms with Gasteiger partial charge in [0.15, 0.2) is 5.82 Å². The molecule has 5 nitrogen and oxygen atoms in total. The number of hydrogen-bond acceptors (Lipinski definition) is 5. The highest BCUT2D eigenvalue weighted by atomic mass is 16.3. The quantitative estimate of drug-likeness (QED) is 0.890. The number of anilines is 2. The molecule has 1 unspecified atom stereocenters. The van der Waals surface area contributed by atoms with E-state index in [4.69, 9.17) is 0 Å². The minimum absolute atomic E-state index is 0.261. The minimum Gasteiger partial charge on any atom is -0.391 e. The second-order valence-corrected chi connectivity index (χ2v) is 4.94. The van der Waals surface area contributed by atoms with Gasteiger partial charge >= 0.3 is 0 Å². The van der Waals surface area contributed by atoms with E-state index in [9.17, 15) is 5.11 Å². The van der Waals surface area contributed by atoms with Crippen molar-refractivity contribution in [2.24, 2.45) is 0 Å². The van der Waals surface area contributed by atoms with Gasteiger partial charge in [0.25, 0.3) is 0 Å². The van der Waals surface area contributed by atoms with Crippen molar-refractivity contribution < 1.29 is 5.11 Å². The normalized spacial score (nSPS) is 18.3. The van der Waals surface area contributed by atoms with Gasteiger partial charge in [0.2, 0.25) is 0 Å². The van der Waals surface area contributed by atoms with Gasteiger partial charge in [-0.25, -0.2) is 9.97 Å². The third kappa shape index (κ3) is 2.58. The Hall–Kier alpha value is -2.14. The topological polar surface area (TPSA) is 61.3 Å². The Bertz CT molecular complexity index is 588. The van der Waals surface area contributed by atoms with E-state index in [1.807, 2.05) is 43.4 Å². The first-order chi connectivity index (χ1) is 9.76. The molecule has 5 heteroatoms. The average Bonchev–Trinajstić information content (AvgIpc) is 2.94. The summed E-state index contributed by atoms with van der Waals surface area (Å²) in [6, 6.07) is 11.8. The van der Waals surface area contributed by atoms with Crippen molar-refractivity contribution in [1.82, 2.24) is 9.97 Å². The van der Waals surface area contributed by atoms with Crippen LogP contribution in [0.3, 0.4) is 0 Å². The van der Waals surface area contributed by atoms with Crippen LogP contribution < -0.4 is 10.2 Å². The standard InChI is InChI=1S/C15H18N4O/c1-16-13-9-14(19-8-7-12(20)10-19)18-15(17-13)11-5-3-2-4-6-11/h2-6,9,12,20H,7-8,10H2,1H3,(H,16,17,18). The number of benzene rings is 1. The predicted molar refractivity (Wildman–Crippen MR) is 79.9 cm³/mol. The number of rotatable bonds is 3. The molecule has 0 radical (unpaired) electrons. The molecule has 0 aliphatic carbocycles. The fourth-order valence-electron chi connectivity index (χ4n) is 2.39. The van der Waals surface area contributed by atoms with Crippen LogP contribution in [0.5, 0.6) is 0 Å². The number of hydrogen-bond donors (Lipinski definition) is 2. The molecule has 0 bridgehead atoms. The molecule has 3 rings (SSSR count). The first-order valence-electron chi connectivity index (χ1n) is 6.81. The van der Waals surface area contributed by atoms with Crippen LogP contribution >= 0.6 is 0 Å². The molecule has 0 saturated carbocycles. The third-order valence-corrected chi connectivity index (χ3v) is 3.49. The Kier molecular flexibility index (Phi) is 3.52. The molecule has 1 aromatic heterocycles. The molecular weight excluding hydrogens is 252 g/mol. The molecule has 2 heterocycles. The van der Waals surface area contributed by atoms with E-state index in [0.717, 1.165) is 30.2 Å². The summed E-state index contributed by atoms with van der Waals surface area (Å²) in [6.45, 7) is 1.46. The zero-order chi connectivity index (χ0) is 13.9. The Morgan fingerprint density at radius 3 is 2.70 bits per heavy atom. The maximum atomic E-state index is 9.67. The number of β-amino-alcohol motifs (C(OH)–C–C–N with tert-alkyl or cyclic N) is 1. The number of aliphatic hydroxyl groups excluding tert-OH is 1. The van der Waals surface area contributed by atoms with Crippen LogP contribution in [0.4, 0.5) is 11.6 Å². The SMILES string of the molecule is CNc1cc(N2CCC(O)C2)nc(-c2ccccc2)n1. The smallest absolute Gasteiger partial charge is 0.163 e. The van der Waals surface area contributed by atoms with Crippen molar-refractivity contribution in [2.75, 3.05) is 30.4 Å². The molecule has 2 N–H and O–H groups in total. The Morgan fingerprint density at radius 2 is 2.05 bits per heavy atom. The van der Waals surface area contributed by atoms with Crippen LogP contribution in [0, 0.1) is 0 Å². The molecule has 1 fully saturated rings. The molecule has 104 valence electrons. The summed E-state index contributed by atoms with van der Waals surface area (Å²) in [5.41, 5.74) is 0.991. The van der Waals surface area contributed by atoms with Crippen molar-refractivity contribution in [3.8, 4) is 11.4 Å². The summed E-state index contributed by atoms with van der Waals surface area (Å²) >= 11 is 0. The van der Waals surface area contributed by atoms with Crippen LogP contribution in [-0.2, 0) is 0 Å². The molecule has 1 aromatic carbocycles. The molecule has 1 aliphatic rings. The van der Waals surface area contributed by atoms with Gasteiger partial charge in [-0.05, 0) is 6.42 Å². The molecule has 0 amide bonds. The van der Waals surface area contributed by atoms with Crippen LogP contribution in [0.25, 0.3) is 11.4 Å². The van der Waals surface area contributed by atoms with Crippen LogP contribution in [-0.4, -0.2) is 41.3 Å². The second-order valence-electron chi connectivity index (χ2n) is 4.94. The average molecular weight is 270 g/mol. The number of aromatic nitrogens is 2. The lowest BCUT2D eigenvalue weighted by atomic mass is 10.2. The Balaban J connectivity index is 1.99. The lowest BCUT2D eigenvalue weighted by Crippen LogP contribution is -2.22. The zero-order valence-electron chi connectivity index (χ0n) is 11.5. The van der Waals surface area contributed by atoms with Gasteiger partial charge in [-0.1, -0.05) is 30.3 Å². The lowest BCUT2D eigenvalue weighted by molar-refractivity contribution is 0.198. The monoisotopic (exact) mass is 270 g/mol. The number of nitrogens with one attached hydrogen (secondary N) is 1. The van der Waals surface area contributed by atoms with E-state index in [-0.39, 0.29) is 6.10 Å². The molecule has 1 aliphatic heterocycles. The highest BCUT2D eigenvalue weighted by Gasteiger charge is 2.22. The van der Waals surface area contributed by atoms with Gasteiger partial charge in [0.05, 0.1) is 6.10 Å². The van der Waals surface area contributed by atoms with E-state index in [0.29, 0.717) is 12.4 Å². The largest absolute Gasteiger partial charge is 0.391 e. The van der Waals surface area contributed by atoms with Crippen LogP contribution in [0.15, 0.2) is 36.4 Å². The van der Waals surface area contributed by atoms with Crippen molar-refractivity contribution in [3.05, 3.63) is 36.4 Å². The van der Waals surface area contributed by atoms with E-state index < -0.39 is 0 Å². The van der Waals surface area contributed by atoms with Crippen LogP contribution in [0.2, 0.25) is 0 Å². The first-order valence-corrected chi connectivity index (χ1v) is 6.81. The van der Waals surface area contributed by atoms with E-state index in [1.54, 1.807) is 0 Å². The van der Waals surface area contributed by atoms with Crippen LogP contribution in [0.1, 0.15) is 6.42 Å². The lowest BCUT2D eigenvalue weighted by Gasteiger charge is -2.18. The third-order valence-electron chi connectivity index (χ3n) is 3.49. The molecule has 1 atom stereocenters. The summed E-state index contributed by atoms with van der Waals surface area (Å²) in [5.74, 6) is 2.35. The molecular formula is C15H18N4O. The second kappa shape index (κ2) is 5.46. The van der Waals surface area contributed by atoms with Gasteiger partial charge < -0.3 is 15.3 Å². The van der Waals surface area contributed by atoms with Crippen molar-refractivity contribution >= 4 is 11.6 Å². The zero-order valence-corrected chi connectivity index (χ0v) is 11.5. The fourth-order valence-corrected chi connectivity index (χ4v) is 2.39. The van der Waals surface area contributed by atoms with Crippen molar-refractivity contribution in [3.63, 3.8) is 0 Å². The van der Waals surface area contributed by atoms with Gasteiger partial charge in [-0.2, -0.15) is 0 Å². The van der Waals surface area contributed by atoms with E-state index in [1.165, 1.54) is 0 Å². The van der Waals surface area contributed by atoms with Gasteiger partial charge in [-0.3, -0.25) is 0 Å². The maximum absolute atomic E-state index is 9.67. The van der Waals surface area contributed by atoms with Crippen molar-refractivity contribution in [2.45, 2.75) is 12.5 Å². The number of nitrogens with zero attached hydrogens (tertiary/aromatic N) is 3. The summed E-state index contributed by atoms with van der Waals surface area (Å²) in [6.07, 6.45) is 0.530. The number of aliphatic hydroxyl groups is 1. The highest BCUT2D eigenvalue weighted by Crippen LogP contribution is 2.24. The van der Waals surface area contributed by atoms with E-state index >= 15 is 0 Å². The fraction of sp³-hybridized carbons (Fsp3) is 0.333. The molecule has 20 heavy (non-hydrogen) atoms. The maximum Gasteiger partial charge on any atom is 0.163 e. The molecule has 2 aromatic rings. The van der Waals surface area contributed by atoms with Gasteiger partial charge in [0.1, 0.15) is 11.6 Å². The van der Waals surface area contributed by atoms with E-state index in [2.05, 4.69) is 20.2 Å². The molecule has 0 spiro atoms. The summed E-state index contributed by atoms with van der Waals surface area (Å²) < 4.78 is 0. The Morgan fingerprint density at radius 1 is 1.25 bits per heavy atom. The summed E-state index contributed by atoms with van der Waals surface area (Å²) in [5, 5.41) is 12.7. The molecule has 1 saturated heterocycles. The minimum atomic E-state index is -0.261. The Labute approximate surface area is 118 Å². The summed E-state index contributed by atoms with van der Waals surface area (Å²) in [4.78, 5) is 11.2. The highest BCUT2D eigenvalue weighted by molar-refractivity contribution is 5.61. The van der Waals surface area contributed by atoms with Gasteiger partial charge in [0, 0.05) is 31.8 Å². The first kappa shape index (κ1) is 12.9. The summed E-state index contributed by atoms with van der Waals surface area (Å²) in [7, 11) is 1.85.